The van der Waals surface area contributed by atoms with Crippen molar-refractivity contribution in [3.05, 3.63) is 58.4 Å². The number of nitrogens with zero attached hydrogens (tertiary/aromatic N) is 3. The molecule has 3 rings (SSSR count). The number of aliphatic hydroxyl groups is 1. The highest BCUT2D eigenvalue weighted by Gasteiger charge is 2.26. The molecular formula is C26H38N4O3. The number of benzene rings is 1. The Bertz CT molecular complexity index is 936. The van der Waals surface area contributed by atoms with Crippen molar-refractivity contribution in [1.29, 1.82) is 0 Å². The van der Waals surface area contributed by atoms with Crippen molar-refractivity contribution < 1.29 is 15.1 Å². The molecule has 0 spiro atoms. The molecule has 2 heterocycles. The monoisotopic (exact) mass is 454 g/mol. The number of carbonyl (C=O) groups is 1. The molecule has 1 fully saturated rings. The molecule has 7 nitrogen and oxygen atoms in total. The highest BCUT2D eigenvalue weighted by molar-refractivity contribution is 5.90. The first kappa shape index (κ1) is 25.1. The number of amides is 1. The number of rotatable bonds is 11. The Morgan fingerprint density at radius 3 is 2.73 bits per heavy atom. The van der Waals surface area contributed by atoms with E-state index in [2.05, 4.69) is 42.5 Å². The Hall–Kier alpha value is -2.48. The predicted octanol–water partition coefficient (Wildman–Crippen LogP) is 3.81. The van der Waals surface area contributed by atoms with Gasteiger partial charge in [0.25, 0.3) is 5.91 Å². The van der Waals surface area contributed by atoms with E-state index < -0.39 is 5.91 Å². The Kier molecular flexibility index (Phi) is 9.23. The van der Waals surface area contributed by atoms with Gasteiger partial charge in [-0.3, -0.25) is 19.6 Å². The second-order valence-corrected chi connectivity index (χ2v) is 9.04. The molecule has 2 aromatic rings. The van der Waals surface area contributed by atoms with Crippen LogP contribution in [0.1, 0.15) is 66.7 Å². The number of nitrogens with one attached hydrogen (secondary N) is 1. The highest BCUT2D eigenvalue weighted by atomic mass is 16.5. The van der Waals surface area contributed by atoms with Crippen LogP contribution in [0.5, 0.6) is 0 Å². The van der Waals surface area contributed by atoms with Crippen molar-refractivity contribution in [2.24, 2.45) is 5.92 Å². The molecule has 1 aliphatic rings. The lowest BCUT2D eigenvalue weighted by Crippen LogP contribution is -2.26. The number of hydroxylamine groups is 1. The molecule has 180 valence electrons. The largest absolute Gasteiger partial charge is 0.396 e. The van der Waals surface area contributed by atoms with Gasteiger partial charge in [0.1, 0.15) is 0 Å². The van der Waals surface area contributed by atoms with Crippen LogP contribution in [0.3, 0.4) is 0 Å². The van der Waals surface area contributed by atoms with Gasteiger partial charge in [-0.15, -0.1) is 0 Å². The van der Waals surface area contributed by atoms with Gasteiger partial charge >= 0.3 is 0 Å². The summed E-state index contributed by atoms with van der Waals surface area (Å²) in [6.45, 7) is 9.67. The van der Waals surface area contributed by atoms with E-state index in [1.165, 1.54) is 29.3 Å². The Morgan fingerprint density at radius 1 is 1.30 bits per heavy atom. The topological polar surface area (TPSA) is 90.6 Å². The summed E-state index contributed by atoms with van der Waals surface area (Å²) in [5.74, 6) is -0.0757. The first-order chi connectivity index (χ1) is 16.0. The molecule has 2 atom stereocenters. The molecule has 1 aromatic carbocycles. The summed E-state index contributed by atoms with van der Waals surface area (Å²) in [4.78, 5) is 13.7. The zero-order chi connectivity index (χ0) is 23.8. The zero-order valence-electron chi connectivity index (χ0n) is 20.1. The quantitative estimate of drug-likeness (QED) is 0.273. The minimum Gasteiger partial charge on any atom is -0.396 e. The van der Waals surface area contributed by atoms with Crippen LogP contribution in [0.15, 0.2) is 30.3 Å². The highest BCUT2D eigenvalue weighted by Crippen LogP contribution is 2.32. The summed E-state index contributed by atoms with van der Waals surface area (Å²) in [7, 11) is 0. The van der Waals surface area contributed by atoms with E-state index in [-0.39, 0.29) is 6.61 Å². The minimum absolute atomic E-state index is 0.232. The summed E-state index contributed by atoms with van der Waals surface area (Å²) in [5.41, 5.74) is 7.55. The molecule has 33 heavy (non-hydrogen) atoms. The molecule has 3 N–H and O–H groups in total. The summed E-state index contributed by atoms with van der Waals surface area (Å²) >= 11 is 0. The first-order valence-electron chi connectivity index (χ1n) is 12.1. The maximum absolute atomic E-state index is 11.2. The third-order valence-electron chi connectivity index (χ3n) is 6.95. The summed E-state index contributed by atoms with van der Waals surface area (Å²) in [5, 5.41) is 22.7. The van der Waals surface area contributed by atoms with Gasteiger partial charge < -0.3 is 5.11 Å². The number of carbonyl (C=O) groups excluding carboxylic acids is 1. The van der Waals surface area contributed by atoms with E-state index in [4.69, 9.17) is 10.3 Å². The van der Waals surface area contributed by atoms with Crippen molar-refractivity contribution in [2.75, 3.05) is 19.7 Å². The smallest absolute Gasteiger partial charge is 0.267 e. The predicted molar refractivity (Wildman–Crippen MR) is 130 cm³/mol. The number of hydrogen-bond donors (Lipinski definition) is 3. The fourth-order valence-electron chi connectivity index (χ4n) is 4.89. The van der Waals surface area contributed by atoms with E-state index in [9.17, 15) is 9.90 Å². The van der Waals surface area contributed by atoms with Gasteiger partial charge in [-0.25, -0.2) is 5.48 Å². The average Bonchev–Trinajstić information content (AvgIpc) is 3.40. The molecule has 0 aliphatic carbocycles. The first-order valence-corrected chi connectivity index (χ1v) is 12.1. The third kappa shape index (κ3) is 6.53. The molecular weight excluding hydrogens is 416 g/mol. The normalized spacial score (nSPS) is 17.7. The fourth-order valence-corrected chi connectivity index (χ4v) is 4.89. The molecule has 1 saturated heterocycles. The molecule has 1 aliphatic heterocycles. The number of aryl methyl sites for hydroxylation is 1. The summed E-state index contributed by atoms with van der Waals surface area (Å²) in [6.07, 6.45) is 8.21. The molecule has 0 radical (unpaired) electrons. The number of hydrogen-bond acceptors (Lipinski definition) is 5. The Labute approximate surface area is 197 Å². The van der Waals surface area contributed by atoms with Crippen molar-refractivity contribution in [3.8, 4) is 0 Å². The number of aromatic nitrogens is 2. The third-order valence-corrected chi connectivity index (χ3v) is 6.95. The van der Waals surface area contributed by atoms with Gasteiger partial charge in [0.05, 0.1) is 5.69 Å². The van der Waals surface area contributed by atoms with Crippen LogP contribution in [-0.4, -0.2) is 50.6 Å². The van der Waals surface area contributed by atoms with Crippen LogP contribution in [0.4, 0.5) is 0 Å². The van der Waals surface area contributed by atoms with Gasteiger partial charge in [0.15, 0.2) is 0 Å². The second-order valence-electron chi connectivity index (χ2n) is 9.04. The van der Waals surface area contributed by atoms with Crippen molar-refractivity contribution in [3.63, 3.8) is 0 Å². The lowest BCUT2D eigenvalue weighted by Gasteiger charge is -2.25. The van der Waals surface area contributed by atoms with Gasteiger partial charge in [0.2, 0.25) is 0 Å². The molecule has 7 heteroatoms. The standard InChI is InChI=1S/C26H38N4O3/c1-4-21(14-17-31)18-30-20(3)24(19(2)27-30)13-16-29-15-5-6-25(29)23-10-7-22(8-11-23)9-12-26(32)28-33/h7-12,21,25,31,33H,4-6,13-18H2,1-3H3,(H,28,32)/t21-,25?/m0/s1. The van der Waals surface area contributed by atoms with Crippen LogP contribution in [0.25, 0.3) is 6.08 Å². The maximum Gasteiger partial charge on any atom is 0.267 e. The van der Waals surface area contributed by atoms with Gasteiger partial charge in [-0.1, -0.05) is 37.6 Å². The molecule has 0 saturated carbocycles. The van der Waals surface area contributed by atoms with Gasteiger partial charge in [0, 0.05) is 37.5 Å². The van der Waals surface area contributed by atoms with Crippen molar-refractivity contribution in [2.45, 2.75) is 65.5 Å². The lowest BCUT2D eigenvalue weighted by atomic mass is 10.0. The number of likely N-dealkylation sites (tertiary alicyclic amines) is 1. The second kappa shape index (κ2) is 12.1. The number of aliphatic hydroxyl groups excluding tert-OH is 1. The molecule has 1 unspecified atom stereocenters. The van der Waals surface area contributed by atoms with Gasteiger partial charge in [-0.05, 0) is 74.8 Å². The van der Waals surface area contributed by atoms with E-state index in [0.29, 0.717) is 12.0 Å². The average molecular weight is 455 g/mol. The molecule has 0 bridgehead atoms. The van der Waals surface area contributed by atoms with Gasteiger partial charge in [-0.2, -0.15) is 5.10 Å². The van der Waals surface area contributed by atoms with Crippen LogP contribution in [0, 0.1) is 19.8 Å². The Balaban J connectivity index is 1.63. The van der Waals surface area contributed by atoms with Crippen LogP contribution in [0.2, 0.25) is 0 Å². The van der Waals surface area contributed by atoms with Crippen molar-refractivity contribution >= 4 is 12.0 Å². The van der Waals surface area contributed by atoms with E-state index in [0.717, 1.165) is 56.6 Å². The SMILES string of the molecule is CC[C@@H](CCO)Cn1nc(C)c(CCN2CCCC2c2ccc(C=CC(=O)NO)cc2)c1C. The summed E-state index contributed by atoms with van der Waals surface area (Å²) in [6, 6.07) is 8.72. The summed E-state index contributed by atoms with van der Waals surface area (Å²) < 4.78 is 2.14. The van der Waals surface area contributed by atoms with E-state index >= 15 is 0 Å². The van der Waals surface area contributed by atoms with E-state index in [1.807, 2.05) is 12.1 Å². The zero-order valence-corrected chi connectivity index (χ0v) is 20.1. The van der Waals surface area contributed by atoms with Crippen LogP contribution >= 0.6 is 0 Å². The minimum atomic E-state index is -0.534. The van der Waals surface area contributed by atoms with Crippen LogP contribution in [-0.2, 0) is 17.8 Å². The molecule has 1 amide bonds. The van der Waals surface area contributed by atoms with E-state index in [1.54, 1.807) is 11.6 Å². The lowest BCUT2D eigenvalue weighted by molar-refractivity contribution is -0.124. The fraction of sp³-hybridized carbons (Fsp3) is 0.538. The molecule has 1 aromatic heterocycles. The Morgan fingerprint density at radius 2 is 2.06 bits per heavy atom. The van der Waals surface area contributed by atoms with Crippen molar-refractivity contribution in [1.82, 2.24) is 20.2 Å². The maximum atomic E-state index is 11.2. The van der Waals surface area contributed by atoms with Crippen LogP contribution < -0.4 is 5.48 Å².